The number of aliphatic hydroxyl groups excluding tert-OH is 1. The van der Waals surface area contributed by atoms with Gasteiger partial charge in [-0.05, 0) is 25.7 Å². The summed E-state index contributed by atoms with van der Waals surface area (Å²) in [6.45, 7) is 3.45. The molecule has 6 heteroatoms. The third kappa shape index (κ3) is 16.3. The molecule has 0 bridgehead atoms. The Morgan fingerprint density at radius 3 is 1.38 bits per heavy atom. The first-order valence-electron chi connectivity index (χ1n) is 9.98. The van der Waals surface area contributed by atoms with Gasteiger partial charge in [-0.2, -0.15) is 0 Å². The van der Waals surface area contributed by atoms with Crippen molar-refractivity contribution in [2.75, 3.05) is 0 Å². The Balaban J connectivity index is 0. The summed E-state index contributed by atoms with van der Waals surface area (Å²) >= 11 is 0. The number of carbonyl (C=O) groups is 2. The molecule has 3 unspecified atom stereocenters. The number of unbranched alkanes of at least 4 members (excludes halogenated alkanes) is 8. The number of rotatable bonds is 17. The van der Waals surface area contributed by atoms with Crippen molar-refractivity contribution < 1.29 is 24.9 Å². The molecule has 0 aromatic carbocycles. The maximum atomic E-state index is 10.7. The second-order valence-corrected chi connectivity index (χ2v) is 7.47. The van der Waals surface area contributed by atoms with Gasteiger partial charge in [0.05, 0.1) is 17.9 Å². The SMILES string of the molecule is CC(CCCCCCCCCCCC(O)CCC(C)C(=O)O)C(=O)O.N. The van der Waals surface area contributed by atoms with Crippen molar-refractivity contribution in [2.45, 2.75) is 103 Å². The van der Waals surface area contributed by atoms with Gasteiger partial charge in [-0.3, -0.25) is 9.59 Å². The standard InChI is InChI=1S/C20H38O5.H3N/c1-16(19(22)23)12-10-8-6-4-3-5-7-9-11-13-18(21)15-14-17(2)20(24)25;/h16-18,21H,3-15H2,1-2H3,(H,22,23)(H,24,25);1H3. The molecule has 0 aliphatic carbocycles. The lowest BCUT2D eigenvalue weighted by Gasteiger charge is -2.12. The second kappa shape index (κ2) is 17.3. The summed E-state index contributed by atoms with van der Waals surface area (Å²) in [4.78, 5) is 21.4. The van der Waals surface area contributed by atoms with Crippen LogP contribution in [0.15, 0.2) is 0 Å². The number of carboxylic acids is 2. The van der Waals surface area contributed by atoms with Crippen LogP contribution in [0.1, 0.15) is 97.3 Å². The van der Waals surface area contributed by atoms with E-state index >= 15 is 0 Å². The van der Waals surface area contributed by atoms with Crippen LogP contribution in [0, 0.1) is 11.8 Å². The number of aliphatic hydroxyl groups is 1. The zero-order chi connectivity index (χ0) is 19.1. The second-order valence-electron chi connectivity index (χ2n) is 7.47. The van der Waals surface area contributed by atoms with Crippen LogP contribution in [0.25, 0.3) is 0 Å². The fraction of sp³-hybridized carbons (Fsp3) is 0.900. The lowest BCUT2D eigenvalue weighted by molar-refractivity contribution is -0.142. The molecule has 0 aromatic rings. The molecule has 0 saturated heterocycles. The topological polar surface area (TPSA) is 130 Å². The molecule has 0 aliphatic heterocycles. The molecule has 0 rings (SSSR count). The Kier molecular flexibility index (Phi) is 18.0. The Bertz CT molecular complexity index is 362. The predicted octanol–water partition coefficient (Wildman–Crippen LogP) is 5.02. The van der Waals surface area contributed by atoms with E-state index < -0.39 is 11.9 Å². The molecule has 0 radical (unpaired) electrons. The van der Waals surface area contributed by atoms with Crippen LogP contribution in [0.4, 0.5) is 0 Å². The van der Waals surface area contributed by atoms with Crippen LogP contribution in [-0.2, 0) is 9.59 Å². The average Bonchev–Trinajstić information content (AvgIpc) is 2.56. The Labute approximate surface area is 159 Å². The summed E-state index contributed by atoms with van der Waals surface area (Å²) in [6.07, 6.45) is 12.6. The third-order valence-corrected chi connectivity index (χ3v) is 4.95. The zero-order valence-electron chi connectivity index (χ0n) is 16.8. The number of aliphatic carboxylic acids is 2. The summed E-state index contributed by atoms with van der Waals surface area (Å²) in [5.74, 6) is -2.07. The van der Waals surface area contributed by atoms with E-state index in [-0.39, 0.29) is 24.1 Å². The van der Waals surface area contributed by atoms with Gasteiger partial charge in [0.15, 0.2) is 0 Å². The molecule has 0 spiro atoms. The molecular weight excluding hydrogens is 334 g/mol. The first kappa shape index (κ1) is 27.1. The van der Waals surface area contributed by atoms with Crippen molar-refractivity contribution in [2.24, 2.45) is 11.8 Å². The van der Waals surface area contributed by atoms with Crippen LogP contribution in [0.2, 0.25) is 0 Å². The molecule has 3 atom stereocenters. The van der Waals surface area contributed by atoms with Gasteiger partial charge < -0.3 is 21.5 Å². The van der Waals surface area contributed by atoms with Gasteiger partial charge in [0.2, 0.25) is 0 Å². The molecule has 26 heavy (non-hydrogen) atoms. The molecule has 156 valence electrons. The molecule has 0 fully saturated rings. The fourth-order valence-corrected chi connectivity index (χ4v) is 2.90. The summed E-state index contributed by atoms with van der Waals surface area (Å²) in [5.41, 5.74) is 0. The molecule has 6 N–H and O–H groups in total. The van der Waals surface area contributed by atoms with E-state index in [2.05, 4.69) is 0 Å². The lowest BCUT2D eigenvalue weighted by atomic mass is 9.99. The van der Waals surface area contributed by atoms with Crippen LogP contribution in [0.3, 0.4) is 0 Å². The Morgan fingerprint density at radius 2 is 0.962 bits per heavy atom. The Morgan fingerprint density at radius 1 is 0.615 bits per heavy atom. The average molecular weight is 376 g/mol. The van der Waals surface area contributed by atoms with E-state index in [0.717, 1.165) is 38.5 Å². The third-order valence-electron chi connectivity index (χ3n) is 4.95. The van der Waals surface area contributed by atoms with Gasteiger partial charge in [-0.15, -0.1) is 0 Å². The number of carboxylic acid groups (broad SMARTS) is 2. The maximum absolute atomic E-state index is 10.7. The van der Waals surface area contributed by atoms with E-state index in [0.29, 0.717) is 12.8 Å². The van der Waals surface area contributed by atoms with Crippen molar-refractivity contribution in [3.05, 3.63) is 0 Å². The molecular formula is C20H41NO5. The van der Waals surface area contributed by atoms with Gasteiger partial charge in [-0.25, -0.2) is 0 Å². The number of hydrogen-bond donors (Lipinski definition) is 4. The van der Waals surface area contributed by atoms with Crippen LogP contribution < -0.4 is 6.15 Å². The summed E-state index contributed by atoms with van der Waals surface area (Å²) in [5, 5.41) is 27.4. The summed E-state index contributed by atoms with van der Waals surface area (Å²) < 4.78 is 0. The summed E-state index contributed by atoms with van der Waals surface area (Å²) in [7, 11) is 0. The zero-order valence-corrected chi connectivity index (χ0v) is 16.8. The van der Waals surface area contributed by atoms with E-state index in [1.165, 1.54) is 32.1 Å². The van der Waals surface area contributed by atoms with Gasteiger partial charge >= 0.3 is 11.9 Å². The highest BCUT2D eigenvalue weighted by atomic mass is 16.4. The molecule has 0 aromatic heterocycles. The van der Waals surface area contributed by atoms with Crippen molar-refractivity contribution in [1.82, 2.24) is 6.15 Å². The Hall–Kier alpha value is -1.14. The van der Waals surface area contributed by atoms with E-state index in [9.17, 15) is 14.7 Å². The molecule has 6 nitrogen and oxygen atoms in total. The van der Waals surface area contributed by atoms with E-state index in [4.69, 9.17) is 10.2 Å². The highest BCUT2D eigenvalue weighted by molar-refractivity contribution is 5.69. The largest absolute Gasteiger partial charge is 0.481 e. The van der Waals surface area contributed by atoms with E-state index in [1.54, 1.807) is 13.8 Å². The van der Waals surface area contributed by atoms with Gasteiger partial charge in [0.25, 0.3) is 0 Å². The first-order valence-corrected chi connectivity index (χ1v) is 9.98. The highest BCUT2D eigenvalue weighted by Crippen LogP contribution is 2.16. The van der Waals surface area contributed by atoms with Gasteiger partial charge in [0.1, 0.15) is 0 Å². The van der Waals surface area contributed by atoms with Crippen molar-refractivity contribution in [1.29, 1.82) is 0 Å². The fourth-order valence-electron chi connectivity index (χ4n) is 2.90. The van der Waals surface area contributed by atoms with Crippen molar-refractivity contribution in [3.63, 3.8) is 0 Å². The number of hydrogen-bond acceptors (Lipinski definition) is 4. The molecule has 0 heterocycles. The van der Waals surface area contributed by atoms with Gasteiger partial charge in [-0.1, -0.05) is 71.6 Å². The van der Waals surface area contributed by atoms with E-state index in [1.807, 2.05) is 0 Å². The highest BCUT2D eigenvalue weighted by Gasteiger charge is 2.13. The maximum Gasteiger partial charge on any atom is 0.306 e. The summed E-state index contributed by atoms with van der Waals surface area (Å²) in [6, 6.07) is 0. The van der Waals surface area contributed by atoms with Crippen LogP contribution in [0.5, 0.6) is 0 Å². The molecule has 0 amide bonds. The normalized spacial score (nSPS) is 14.3. The predicted molar refractivity (Wildman–Crippen MR) is 105 cm³/mol. The van der Waals surface area contributed by atoms with Gasteiger partial charge in [0, 0.05) is 0 Å². The van der Waals surface area contributed by atoms with Crippen molar-refractivity contribution in [3.8, 4) is 0 Å². The minimum absolute atomic E-state index is 0. The molecule has 0 aliphatic rings. The first-order chi connectivity index (χ1) is 11.8. The quantitative estimate of drug-likeness (QED) is 0.264. The lowest BCUT2D eigenvalue weighted by Crippen LogP contribution is -2.14. The molecule has 0 saturated carbocycles. The van der Waals surface area contributed by atoms with Crippen LogP contribution in [-0.4, -0.2) is 33.4 Å². The van der Waals surface area contributed by atoms with Crippen LogP contribution >= 0.6 is 0 Å². The minimum atomic E-state index is -0.788. The minimum Gasteiger partial charge on any atom is -0.481 e. The monoisotopic (exact) mass is 375 g/mol. The van der Waals surface area contributed by atoms with Crippen molar-refractivity contribution >= 4 is 11.9 Å². The smallest absolute Gasteiger partial charge is 0.306 e.